The number of carbonyl (C=O) groups is 1. The second-order valence-corrected chi connectivity index (χ2v) is 22.1. The predicted molar refractivity (Wildman–Crippen MR) is 309 cm³/mol. The number of unbranched alkanes of at least 4 members (excludes halogenated alkanes) is 25. The fourth-order valence-corrected chi connectivity index (χ4v) is 8.72. The Morgan fingerprint density at radius 3 is 1.30 bits per heavy atom. The molecule has 0 aromatic heterocycles. The van der Waals surface area contributed by atoms with Gasteiger partial charge in [0.2, 0.25) is 5.91 Å². The van der Waals surface area contributed by atoms with Gasteiger partial charge in [0, 0.05) is 6.42 Å². The molecule has 0 aliphatic carbocycles. The first-order chi connectivity index (χ1) is 34.5. The first-order valence-corrected chi connectivity index (χ1v) is 30.6. The molecule has 9 heteroatoms. The van der Waals surface area contributed by atoms with Gasteiger partial charge in [-0.15, -0.1) is 0 Å². The van der Waals surface area contributed by atoms with Crippen LogP contribution in [-0.4, -0.2) is 73.4 Å². The Bertz CT molecular complexity index is 1470. The van der Waals surface area contributed by atoms with E-state index in [1.807, 2.05) is 27.2 Å². The number of phosphoric ester groups is 1. The number of phosphoric acid groups is 1. The lowest BCUT2D eigenvalue weighted by Gasteiger charge is -2.25. The molecule has 71 heavy (non-hydrogen) atoms. The van der Waals surface area contributed by atoms with E-state index in [-0.39, 0.29) is 19.1 Å². The Morgan fingerprint density at radius 2 is 0.859 bits per heavy atom. The average molecular weight is 1010 g/mol. The molecule has 0 rings (SSSR count). The van der Waals surface area contributed by atoms with Crippen molar-refractivity contribution in [2.45, 2.75) is 251 Å². The first kappa shape index (κ1) is 68.4. The van der Waals surface area contributed by atoms with Crippen LogP contribution in [0.15, 0.2) is 97.2 Å². The Balaban J connectivity index is 4.05. The number of quaternary nitrogens is 1. The van der Waals surface area contributed by atoms with Gasteiger partial charge >= 0.3 is 7.82 Å². The van der Waals surface area contributed by atoms with Crippen LogP contribution in [0.2, 0.25) is 0 Å². The highest BCUT2D eigenvalue weighted by molar-refractivity contribution is 7.47. The molecule has 3 N–H and O–H groups in total. The second kappa shape index (κ2) is 52.3. The number of rotatable bonds is 52. The summed E-state index contributed by atoms with van der Waals surface area (Å²) < 4.78 is 23.6. The maximum absolute atomic E-state index is 13.0. The van der Waals surface area contributed by atoms with E-state index in [1.54, 1.807) is 6.08 Å². The minimum Gasteiger partial charge on any atom is -0.387 e. The van der Waals surface area contributed by atoms with Crippen molar-refractivity contribution >= 4 is 13.7 Å². The highest BCUT2D eigenvalue weighted by Gasteiger charge is 2.27. The lowest BCUT2D eigenvalue weighted by atomic mass is 10.0. The molecule has 0 aromatic rings. The first-order valence-electron chi connectivity index (χ1n) is 29.1. The number of nitrogens with zero attached hydrogens (tertiary/aromatic N) is 1. The molecule has 0 fully saturated rings. The molecule has 0 saturated heterocycles. The summed E-state index contributed by atoms with van der Waals surface area (Å²) in [6.45, 7) is 4.65. The molecular formula is C62H112N2O6P+. The normalized spacial score (nSPS) is 14.6. The van der Waals surface area contributed by atoms with Gasteiger partial charge in [-0.05, 0) is 89.9 Å². The highest BCUT2D eigenvalue weighted by atomic mass is 31.2. The number of amides is 1. The number of nitrogens with one attached hydrogen (secondary N) is 1. The predicted octanol–water partition coefficient (Wildman–Crippen LogP) is 17.8. The number of allylic oxidation sites excluding steroid dienone is 15. The third-order valence-corrected chi connectivity index (χ3v) is 13.5. The number of hydrogen-bond acceptors (Lipinski definition) is 5. The monoisotopic (exact) mass is 1010 g/mol. The maximum Gasteiger partial charge on any atom is 0.472 e. The van der Waals surface area contributed by atoms with E-state index in [9.17, 15) is 19.4 Å². The summed E-state index contributed by atoms with van der Waals surface area (Å²) in [5.41, 5.74) is 0. The molecule has 410 valence electrons. The largest absolute Gasteiger partial charge is 0.472 e. The van der Waals surface area contributed by atoms with Crippen molar-refractivity contribution in [2.24, 2.45) is 0 Å². The number of carbonyl (C=O) groups excluding carboxylic acids is 1. The fraction of sp³-hybridized carbons (Fsp3) is 0.726. The molecule has 8 nitrogen and oxygen atoms in total. The van der Waals surface area contributed by atoms with E-state index in [1.165, 1.54) is 141 Å². The molecular weight excluding hydrogens is 900 g/mol. The summed E-state index contributed by atoms with van der Waals surface area (Å²) in [7, 11) is 1.54. The van der Waals surface area contributed by atoms with E-state index in [4.69, 9.17) is 9.05 Å². The van der Waals surface area contributed by atoms with E-state index >= 15 is 0 Å². The Labute approximate surface area is 439 Å². The number of hydrogen-bond donors (Lipinski definition) is 3. The third-order valence-electron chi connectivity index (χ3n) is 12.5. The smallest absolute Gasteiger partial charge is 0.387 e. The SMILES string of the molecule is CC/C=C\C/C=C\C/C=C\C/C=C\C/C=C\CCCCCCCCCCCCCCCCCCCCCC(=O)NC(COP(=O)(O)OCC[N+](C)(C)C)C(O)/C=C/CC/C=C/CC/C=C/CCCCCC. The fourth-order valence-electron chi connectivity index (χ4n) is 7.98. The molecule has 0 bridgehead atoms. The van der Waals surface area contributed by atoms with Crippen LogP contribution in [0.3, 0.4) is 0 Å². The molecule has 0 aliphatic rings. The topological polar surface area (TPSA) is 105 Å². The Hall–Kier alpha value is -2.58. The standard InChI is InChI=1S/C62H111N2O6P/c1-6-8-10-12-14-16-18-20-22-23-24-25-26-27-28-29-30-31-32-33-34-35-36-37-38-39-40-41-42-44-46-48-50-52-54-56-62(66)63-60(59-70-71(67,68)69-58-57-64(3,4)5)61(65)55-53-51-49-47-45-43-21-19-17-15-13-11-9-7-2/h8,10,14,16-17,19-20,22,24-25,27-28,45,47,53,55,60-61,65H,6-7,9,11-13,15,18,21,23,26,29-44,46,48-52,54,56-59H2,1-5H3,(H-,63,66,67,68)/p+1/b10-8-,16-14-,19-17+,22-20-,25-24-,28-27-,47-45+,55-53+. The Kier molecular flexibility index (Phi) is 50.4. The lowest BCUT2D eigenvalue weighted by molar-refractivity contribution is -0.870. The van der Waals surface area contributed by atoms with Gasteiger partial charge < -0.3 is 19.8 Å². The molecule has 0 aromatic carbocycles. The van der Waals surface area contributed by atoms with Crippen LogP contribution in [0.1, 0.15) is 239 Å². The molecule has 0 saturated carbocycles. The molecule has 0 heterocycles. The molecule has 1 amide bonds. The highest BCUT2D eigenvalue weighted by Crippen LogP contribution is 2.43. The van der Waals surface area contributed by atoms with Gasteiger partial charge in [0.15, 0.2) is 0 Å². The van der Waals surface area contributed by atoms with Gasteiger partial charge in [0.25, 0.3) is 0 Å². The minimum absolute atomic E-state index is 0.0510. The van der Waals surface area contributed by atoms with E-state index in [0.717, 1.165) is 77.0 Å². The summed E-state index contributed by atoms with van der Waals surface area (Å²) in [5, 5.41) is 13.9. The van der Waals surface area contributed by atoms with Crippen LogP contribution in [0, 0.1) is 0 Å². The quantitative estimate of drug-likeness (QED) is 0.0243. The summed E-state index contributed by atoms with van der Waals surface area (Å²) in [5.74, 6) is -0.192. The summed E-state index contributed by atoms with van der Waals surface area (Å²) in [6.07, 6.45) is 75.3. The molecule has 0 radical (unpaired) electrons. The van der Waals surface area contributed by atoms with Crippen LogP contribution < -0.4 is 5.32 Å². The zero-order valence-electron chi connectivity index (χ0n) is 46.7. The average Bonchev–Trinajstić information content (AvgIpc) is 3.33. The number of aliphatic hydroxyl groups is 1. The summed E-state index contributed by atoms with van der Waals surface area (Å²) in [6, 6.07) is -0.872. The van der Waals surface area contributed by atoms with Gasteiger partial charge in [0.05, 0.1) is 39.9 Å². The van der Waals surface area contributed by atoms with Crippen LogP contribution in [0.25, 0.3) is 0 Å². The van der Waals surface area contributed by atoms with Crippen LogP contribution in [-0.2, 0) is 18.4 Å². The maximum atomic E-state index is 13.0. The van der Waals surface area contributed by atoms with Gasteiger partial charge in [0.1, 0.15) is 13.2 Å². The van der Waals surface area contributed by atoms with Crippen LogP contribution in [0.5, 0.6) is 0 Å². The Morgan fingerprint density at radius 1 is 0.493 bits per heavy atom. The molecule has 0 spiro atoms. The number of likely N-dealkylation sites (N-methyl/N-ethyl adjacent to an activating group) is 1. The molecule has 3 atom stereocenters. The van der Waals surface area contributed by atoms with Crippen LogP contribution >= 0.6 is 7.82 Å². The van der Waals surface area contributed by atoms with Gasteiger partial charge in [-0.3, -0.25) is 13.8 Å². The molecule has 3 unspecified atom stereocenters. The molecule has 0 aliphatic heterocycles. The van der Waals surface area contributed by atoms with Gasteiger partial charge in [-0.2, -0.15) is 0 Å². The van der Waals surface area contributed by atoms with Crippen molar-refractivity contribution in [3.63, 3.8) is 0 Å². The van der Waals surface area contributed by atoms with Crippen molar-refractivity contribution < 1.29 is 32.9 Å². The number of aliphatic hydroxyl groups excluding tert-OH is 1. The van der Waals surface area contributed by atoms with E-state index in [2.05, 4.69) is 104 Å². The zero-order valence-corrected chi connectivity index (χ0v) is 47.6. The van der Waals surface area contributed by atoms with Crippen molar-refractivity contribution in [3.8, 4) is 0 Å². The van der Waals surface area contributed by atoms with Crippen molar-refractivity contribution in [2.75, 3.05) is 40.9 Å². The summed E-state index contributed by atoms with van der Waals surface area (Å²) in [4.78, 5) is 23.3. The van der Waals surface area contributed by atoms with Crippen molar-refractivity contribution in [3.05, 3.63) is 97.2 Å². The van der Waals surface area contributed by atoms with Gasteiger partial charge in [-0.25, -0.2) is 4.57 Å². The van der Waals surface area contributed by atoms with Gasteiger partial charge in [-0.1, -0.05) is 239 Å². The second-order valence-electron chi connectivity index (χ2n) is 20.6. The van der Waals surface area contributed by atoms with E-state index in [0.29, 0.717) is 17.4 Å². The van der Waals surface area contributed by atoms with Crippen molar-refractivity contribution in [1.82, 2.24) is 5.32 Å². The summed E-state index contributed by atoms with van der Waals surface area (Å²) >= 11 is 0. The van der Waals surface area contributed by atoms with E-state index < -0.39 is 20.0 Å². The van der Waals surface area contributed by atoms with Crippen molar-refractivity contribution in [1.29, 1.82) is 0 Å². The van der Waals surface area contributed by atoms with Crippen LogP contribution in [0.4, 0.5) is 0 Å². The minimum atomic E-state index is -4.36. The third kappa shape index (κ3) is 55.0. The lowest BCUT2D eigenvalue weighted by Crippen LogP contribution is -2.45. The zero-order chi connectivity index (χ0) is 52.0.